The van der Waals surface area contributed by atoms with Crippen LogP contribution >= 0.6 is 0 Å². The molecule has 0 unspecified atom stereocenters. The first-order chi connectivity index (χ1) is 20.7. The summed E-state index contributed by atoms with van der Waals surface area (Å²) in [6, 6.07) is 15.8. The van der Waals surface area contributed by atoms with Crippen molar-refractivity contribution < 1.29 is 33.7 Å². The van der Waals surface area contributed by atoms with Crippen LogP contribution in [0.25, 0.3) is 5.52 Å². The van der Waals surface area contributed by atoms with Crippen molar-refractivity contribution in [3.05, 3.63) is 77.6 Å². The van der Waals surface area contributed by atoms with Gasteiger partial charge < -0.3 is 30.0 Å². The smallest absolute Gasteiger partial charge is 0.337 e. The molecule has 0 aliphatic rings. The number of nitrogens with one attached hydrogen (secondary N) is 2. The maximum atomic E-state index is 12.8. The van der Waals surface area contributed by atoms with Gasteiger partial charge in [-0.15, -0.1) is 0 Å². The van der Waals surface area contributed by atoms with Gasteiger partial charge in [0.05, 0.1) is 28.5 Å². The largest absolute Gasteiger partial charge is 0.478 e. The van der Waals surface area contributed by atoms with Gasteiger partial charge in [-0.05, 0) is 83.5 Å². The highest BCUT2D eigenvalue weighted by molar-refractivity contribution is 5.96. The average molecular weight is 600 g/mol. The maximum Gasteiger partial charge on any atom is 0.337 e. The molecular weight excluding hydrogens is 566 g/mol. The van der Waals surface area contributed by atoms with Crippen LogP contribution in [0.1, 0.15) is 56.1 Å². The van der Waals surface area contributed by atoms with E-state index in [1.54, 1.807) is 90.1 Å². The molecule has 0 radical (unpaired) electrons. The number of aromatic carboxylic acids is 1. The second-order valence-electron chi connectivity index (χ2n) is 11.4. The number of para-hydroxylation sites is 2. The highest BCUT2D eigenvalue weighted by Crippen LogP contribution is 2.35. The third-order valence-corrected chi connectivity index (χ3v) is 6.33. The molecule has 12 nitrogen and oxygen atoms in total. The fraction of sp³-hybridized carbons (Fsp3) is 0.281. The minimum atomic E-state index is -1.35. The number of nitriles is 1. The fourth-order valence-corrected chi connectivity index (χ4v) is 4.28. The Bertz CT molecular complexity index is 1760. The van der Waals surface area contributed by atoms with E-state index in [-0.39, 0.29) is 17.7 Å². The molecule has 3 N–H and O–H groups in total. The van der Waals surface area contributed by atoms with E-state index in [4.69, 9.17) is 14.2 Å². The number of hydrogen-bond donors (Lipinski definition) is 3. The number of carboxylic acids is 1. The molecule has 44 heavy (non-hydrogen) atoms. The Kier molecular flexibility index (Phi) is 8.80. The molecule has 228 valence electrons. The number of anilines is 2. The number of carbonyl (C=O) groups is 3. The van der Waals surface area contributed by atoms with E-state index < -0.39 is 29.0 Å². The van der Waals surface area contributed by atoms with E-state index >= 15 is 0 Å². The van der Waals surface area contributed by atoms with Crippen molar-refractivity contribution in [1.82, 2.24) is 14.9 Å². The standard InChI is InChI=1S/C32H33N5O7/c1-19-23(29(39)40)18-37-28(19)27(20(15-33)16-35-37)36-21-11-13-22(14-12-21)42-24-9-7-8-10-25(24)43-32(5,6)30(41)34-17-26(38)44-31(2,3)4/h7-14,16,18,36H,17H2,1-6H3,(H,34,41)(H,39,40). The molecule has 0 bridgehead atoms. The van der Waals surface area contributed by atoms with Crippen LogP contribution in [-0.2, 0) is 14.3 Å². The summed E-state index contributed by atoms with van der Waals surface area (Å²) < 4.78 is 18.7. The van der Waals surface area contributed by atoms with Gasteiger partial charge in [-0.25, -0.2) is 9.31 Å². The van der Waals surface area contributed by atoms with Crippen molar-refractivity contribution >= 4 is 34.7 Å². The first-order valence-corrected chi connectivity index (χ1v) is 13.7. The number of fused-ring (bicyclic) bond motifs is 1. The Hall–Kier alpha value is -5.57. The van der Waals surface area contributed by atoms with Crippen molar-refractivity contribution in [2.45, 2.75) is 52.7 Å². The Morgan fingerprint density at radius 1 is 1.02 bits per heavy atom. The first-order valence-electron chi connectivity index (χ1n) is 13.7. The van der Waals surface area contributed by atoms with E-state index in [0.29, 0.717) is 39.7 Å². The summed E-state index contributed by atoms with van der Waals surface area (Å²) in [4.78, 5) is 36.5. The quantitative estimate of drug-likeness (QED) is 0.202. The Morgan fingerprint density at radius 3 is 2.30 bits per heavy atom. The molecule has 4 rings (SSSR count). The zero-order valence-corrected chi connectivity index (χ0v) is 25.2. The summed E-state index contributed by atoms with van der Waals surface area (Å²) in [5.74, 6) is -1.03. The van der Waals surface area contributed by atoms with Crippen LogP contribution in [-0.4, -0.2) is 50.3 Å². The van der Waals surface area contributed by atoms with Crippen LogP contribution < -0.4 is 20.1 Å². The average Bonchev–Trinajstić information content (AvgIpc) is 3.29. The van der Waals surface area contributed by atoms with Gasteiger partial charge in [-0.1, -0.05) is 12.1 Å². The molecule has 12 heteroatoms. The zero-order valence-electron chi connectivity index (χ0n) is 25.2. The van der Waals surface area contributed by atoms with Gasteiger partial charge in [0, 0.05) is 11.9 Å². The van der Waals surface area contributed by atoms with Gasteiger partial charge in [0.15, 0.2) is 17.1 Å². The summed E-state index contributed by atoms with van der Waals surface area (Å²) in [5, 5.41) is 29.1. The number of carbonyl (C=O) groups excluding carboxylic acids is 2. The minimum absolute atomic E-state index is 0.0870. The number of aromatic nitrogens is 2. The van der Waals surface area contributed by atoms with Crippen LogP contribution in [0, 0.1) is 18.3 Å². The third-order valence-electron chi connectivity index (χ3n) is 6.33. The Balaban J connectivity index is 1.48. The van der Waals surface area contributed by atoms with E-state index in [1.807, 2.05) is 0 Å². The Morgan fingerprint density at radius 2 is 1.68 bits per heavy atom. The van der Waals surface area contributed by atoms with E-state index in [2.05, 4.69) is 21.8 Å². The normalized spacial score (nSPS) is 11.4. The summed E-state index contributed by atoms with van der Waals surface area (Å²) in [6.45, 7) is 9.74. The monoisotopic (exact) mass is 599 g/mol. The molecule has 0 spiro atoms. The van der Waals surface area contributed by atoms with Gasteiger partial charge >= 0.3 is 11.9 Å². The SMILES string of the molecule is Cc1c(C(=O)O)cn2ncc(C#N)c(Nc3ccc(Oc4ccccc4OC(C)(C)C(=O)NCC(=O)OC(C)(C)C)cc3)c12. The maximum absolute atomic E-state index is 12.8. The Labute approximate surface area is 254 Å². The molecule has 0 aliphatic carbocycles. The van der Waals surface area contributed by atoms with Gasteiger partial charge in [0.1, 0.15) is 24.0 Å². The van der Waals surface area contributed by atoms with Crippen LogP contribution in [0.15, 0.2) is 60.9 Å². The molecule has 0 saturated heterocycles. The van der Waals surface area contributed by atoms with Crippen LogP contribution in [0.2, 0.25) is 0 Å². The highest BCUT2D eigenvalue weighted by atomic mass is 16.6. The molecule has 4 aromatic rings. The van der Waals surface area contributed by atoms with Crippen LogP contribution in [0.4, 0.5) is 11.4 Å². The zero-order chi connectivity index (χ0) is 32.2. The number of hydrogen-bond acceptors (Lipinski definition) is 9. The number of benzene rings is 2. The molecule has 0 fully saturated rings. The lowest BCUT2D eigenvalue weighted by Crippen LogP contribution is -2.48. The number of rotatable bonds is 10. The third kappa shape index (κ3) is 7.25. The van der Waals surface area contributed by atoms with Crippen molar-refractivity contribution in [2.24, 2.45) is 0 Å². The summed E-state index contributed by atoms with van der Waals surface area (Å²) in [6.07, 6.45) is 2.77. The van der Waals surface area contributed by atoms with Gasteiger partial charge in [-0.2, -0.15) is 10.4 Å². The first kappa shape index (κ1) is 31.4. The fourth-order valence-electron chi connectivity index (χ4n) is 4.28. The van der Waals surface area contributed by atoms with Gasteiger partial charge in [-0.3, -0.25) is 9.59 Å². The minimum Gasteiger partial charge on any atom is -0.478 e. The lowest BCUT2D eigenvalue weighted by molar-refractivity contribution is -0.155. The highest BCUT2D eigenvalue weighted by Gasteiger charge is 2.32. The summed E-state index contributed by atoms with van der Waals surface area (Å²) >= 11 is 0. The molecule has 0 aliphatic heterocycles. The molecule has 2 aromatic carbocycles. The van der Waals surface area contributed by atoms with Gasteiger partial charge in [0.2, 0.25) is 0 Å². The van der Waals surface area contributed by atoms with Crippen molar-refractivity contribution in [3.63, 3.8) is 0 Å². The summed E-state index contributed by atoms with van der Waals surface area (Å²) in [5.41, 5.74) is 0.314. The molecule has 0 atom stereocenters. The predicted octanol–water partition coefficient (Wildman–Crippen LogP) is 5.36. The molecule has 2 heterocycles. The number of carboxylic acid groups (broad SMARTS) is 1. The number of ether oxygens (including phenoxy) is 3. The van der Waals surface area contributed by atoms with E-state index in [0.717, 1.165) is 0 Å². The van der Waals surface area contributed by atoms with Crippen molar-refractivity contribution in [2.75, 3.05) is 11.9 Å². The van der Waals surface area contributed by atoms with Gasteiger partial charge in [0.25, 0.3) is 5.91 Å². The molecule has 0 saturated carbocycles. The number of aryl methyl sites for hydroxylation is 1. The van der Waals surface area contributed by atoms with Crippen molar-refractivity contribution in [3.8, 4) is 23.3 Å². The second kappa shape index (κ2) is 12.3. The lowest BCUT2D eigenvalue weighted by atomic mass is 10.1. The van der Waals surface area contributed by atoms with Crippen molar-refractivity contribution in [1.29, 1.82) is 5.26 Å². The second-order valence-corrected chi connectivity index (χ2v) is 11.4. The lowest BCUT2D eigenvalue weighted by Gasteiger charge is -2.26. The molecular formula is C32H33N5O7. The predicted molar refractivity (Wildman–Crippen MR) is 161 cm³/mol. The number of nitrogens with zero attached hydrogens (tertiary/aromatic N) is 3. The van der Waals surface area contributed by atoms with Crippen LogP contribution in [0.5, 0.6) is 17.2 Å². The van der Waals surface area contributed by atoms with Crippen LogP contribution in [0.3, 0.4) is 0 Å². The van der Waals surface area contributed by atoms with E-state index in [9.17, 15) is 24.8 Å². The molecule has 2 aromatic heterocycles. The molecule has 1 amide bonds. The topological polar surface area (TPSA) is 164 Å². The number of esters is 1. The summed E-state index contributed by atoms with van der Waals surface area (Å²) in [7, 11) is 0. The van der Waals surface area contributed by atoms with E-state index in [1.165, 1.54) is 16.9 Å². The number of amides is 1.